The predicted octanol–water partition coefficient (Wildman–Crippen LogP) is 3.61. The van der Waals surface area contributed by atoms with E-state index in [0.29, 0.717) is 0 Å². The van der Waals surface area contributed by atoms with Crippen molar-refractivity contribution in [2.75, 3.05) is 25.0 Å². The highest BCUT2D eigenvalue weighted by Crippen LogP contribution is 2.17. The highest BCUT2D eigenvalue weighted by atomic mass is 15.1. The fraction of sp³-hybridized carbons (Fsp3) is 0.647. The van der Waals surface area contributed by atoms with Gasteiger partial charge in [0.15, 0.2) is 0 Å². The molecular weight excluding hydrogens is 232 g/mol. The molecule has 0 radical (unpaired) electrons. The standard InChI is InChI=1S/C17H28N2/c1-3-15-9-11-17(12-10-15)19(2)14-6-13-18-16-7-4-5-8-16/h9-12,16,18H,3-8,13-14H2,1-2H3. The van der Waals surface area contributed by atoms with Crippen molar-refractivity contribution < 1.29 is 0 Å². The van der Waals surface area contributed by atoms with Crippen molar-refractivity contribution in [3.63, 3.8) is 0 Å². The number of aryl methyl sites for hydroxylation is 1. The van der Waals surface area contributed by atoms with E-state index in [1.54, 1.807) is 0 Å². The van der Waals surface area contributed by atoms with Crippen LogP contribution in [0.3, 0.4) is 0 Å². The van der Waals surface area contributed by atoms with Crippen molar-refractivity contribution in [3.05, 3.63) is 29.8 Å². The van der Waals surface area contributed by atoms with Gasteiger partial charge in [-0.3, -0.25) is 0 Å². The molecule has 0 bridgehead atoms. The van der Waals surface area contributed by atoms with E-state index >= 15 is 0 Å². The fourth-order valence-corrected chi connectivity index (χ4v) is 2.87. The topological polar surface area (TPSA) is 15.3 Å². The zero-order chi connectivity index (χ0) is 13.5. The molecule has 1 saturated carbocycles. The van der Waals surface area contributed by atoms with E-state index in [-0.39, 0.29) is 0 Å². The summed E-state index contributed by atoms with van der Waals surface area (Å²) in [4.78, 5) is 2.36. The lowest BCUT2D eigenvalue weighted by Crippen LogP contribution is -2.29. The maximum Gasteiger partial charge on any atom is 0.0363 e. The summed E-state index contributed by atoms with van der Waals surface area (Å²) in [6.45, 7) is 4.49. The third-order valence-electron chi connectivity index (χ3n) is 4.24. The van der Waals surface area contributed by atoms with E-state index in [0.717, 1.165) is 25.6 Å². The van der Waals surface area contributed by atoms with Crippen molar-refractivity contribution in [2.24, 2.45) is 0 Å². The first-order chi connectivity index (χ1) is 9.29. The summed E-state index contributed by atoms with van der Waals surface area (Å²) in [5, 5.41) is 3.68. The van der Waals surface area contributed by atoms with Gasteiger partial charge in [-0.2, -0.15) is 0 Å². The molecule has 1 aromatic carbocycles. The quantitative estimate of drug-likeness (QED) is 0.753. The van der Waals surface area contributed by atoms with Crippen molar-refractivity contribution >= 4 is 5.69 Å². The number of rotatable bonds is 7. The molecule has 0 spiro atoms. The summed E-state index contributed by atoms with van der Waals surface area (Å²) in [5.41, 5.74) is 2.75. The number of benzene rings is 1. The normalized spacial score (nSPS) is 15.9. The zero-order valence-electron chi connectivity index (χ0n) is 12.5. The first kappa shape index (κ1) is 14.4. The Kier molecular flexibility index (Phi) is 5.71. The monoisotopic (exact) mass is 260 g/mol. The van der Waals surface area contributed by atoms with E-state index in [1.165, 1.54) is 43.4 Å². The minimum Gasteiger partial charge on any atom is -0.375 e. The fourth-order valence-electron chi connectivity index (χ4n) is 2.87. The van der Waals surface area contributed by atoms with Gasteiger partial charge in [-0.05, 0) is 49.9 Å². The molecular formula is C17H28N2. The van der Waals surface area contributed by atoms with E-state index in [1.807, 2.05) is 0 Å². The molecule has 0 aromatic heterocycles. The molecule has 106 valence electrons. The molecule has 1 N–H and O–H groups in total. The minimum atomic E-state index is 0.800. The third kappa shape index (κ3) is 4.54. The van der Waals surface area contributed by atoms with Crippen LogP contribution in [-0.2, 0) is 6.42 Å². The summed E-state index contributed by atoms with van der Waals surface area (Å²) < 4.78 is 0. The Bertz CT molecular complexity index is 352. The van der Waals surface area contributed by atoms with E-state index < -0.39 is 0 Å². The number of hydrogen-bond acceptors (Lipinski definition) is 2. The number of nitrogens with one attached hydrogen (secondary N) is 1. The predicted molar refractivity (Wildman–Crippen MR) is 84.0 cm³/mol. The molecule has 0 aliphatic heterocycles. The maximum absolute atomic E-state index is 3.68. The zero-order valence-corrected chi connectivity index (χ0v) is 12.5. The molecule has 1 aliphatic carbocycles. The van der Waals surface area contributed by atoms with Crippen LogP contribution in [0, 0.1) is 0 Å². The summed E-state index contributed by atoms with van der Waals surface area (Å²) in [6, 6.07) is 9.76. The van der Waals surface area contributed by atoms with Gasteiger partial charge in [0, 0.05) is 25.3 Å². The summed E-state index contributed by atoms with van der Waals surface area (Å²) in [6.07, 6.45) is 7.95. The van der Waals surface area contributed by atoms with E-state index in [4.69, 9.17) is 0 Å². The van der Waals surface area contributed by atoms with Crippen LogP contribution in [0.15, 0.2) is 24.3 Å². The van der Waals surface area contributed by atoms with Gasteiger partial charge in [0.1, 0.15) is 0 Å². The maximum atomic E-state index is 3.68. The molecule has 0 saturated heterocycles. The highest BCUT2D eigenvalue weighted by Gasteiger charge is 2.13. The molecule has 1 aromatic rings. The van der Waals surface area contributed by atoms with Crippen molar-refractivity contribution in [3.8, 4) is 0 Å². The van der Waals surface area contributed by atoms with Crippen molar-refractivity contribution in [1.82, 2.24) is 5.32 Å². The van der Waals surface area contributed by atoms with Gasteiger partial charge >= 0.3 is 0 Å². The largest absolute Gasteiger partial charge is 0.375 e. The average molecular weight is 260 g/mol. The first-order valence-corrected chi connectivity index (χ1v) is 7.83. The average Bonchev–Trinajstić information content (AvgIpc) is 2.96. The van der Waals surface area contributed by atoms with Crippen LogP contribution < -0.4 is 10.2 Å². The van der Waals surface area contributed by atoms with Gasteiger partial charge in [-0.25, -0.2) is 0 Å². The van der Waals surface area contributed by atoms with Crippen LogP contribution in [0.2, 0.25) is 0 Å². The number of nitrogens with zero attached hydrogens (tertiary/aromatic N) is 1. The lowest BCUT2D eigenvalue weighted by Gasteiger charge is -2.20. The summed E-state index contributed by atoms with van der Waals surface area (Å²) in [5.74, 6) is 0. The van der Waals surface area contributed by atoms with Gasteiger partial charge in [-0.1, -0.05) is 31.9 Å². The third-order valence-corrected chi connectivity index (χ3v) is 4.24. The second kappa shape index (κ2) is 7.54. The second-order valence-electron chi connectivity index (χ2n) is 5.73. The Labute approximate surface area is 118 Å². The molecule has 1 aliphatic rings. The van der Waals surface area contributed by atoms with E-state index in [9.17, 15) is 0 Å². The minimum absolute atomic E-state index is 0.800. The van der Waals surface area contributed by atoms with Crippen LogP contribution >= 0.6 is 0 Å². The smallest absolute Gasteiger partial charge is 0.0363 e. The molecule has 0 amide bonds. The van der Waals surface area contributed by atoms with Gasteiger partial charge in [0.05, 0.1) is 0 Å². The van der Waals surface area contributed by atoms with Crippen LogP contribution in [0.1, 0.15) is 44.6 Å². The lowest BCUT2D eigenvalue weighted by atomic mass is 10.1. The Morgan fingerprint density at radius 3 is 2.47 bits per heavy atom. The van der Waals surface area contributed by atoms with Crippen LogP contribution in [0.25, 0.3) is 0 Å². The summed E-state index contributed by atoms with van der Waals surface area (Å²) >= 11 is 0. The van der Waals surface area contributed by atoms with Crippen LogP contribution in [0.5, 0.6) is 0 Å². The first-order valence-electron chi connectivity index (χ1n) is 7.83. The second-order valence-corrected chi connectivity index (χ2v) is 5.73. The van der Waals surface area contributed by atoms with Gasteiger partial charge in [0.25, 0.3) is 0 Å². The van der Waals surface area contributed by atoms with Gasteiger partial charge in [0.2, 0.25) is 0 Å². The molecule has 2 rings (SSSR count). The Morgan fingerprint density at radius 2 is 1.84 bits per heavy atom. The number of anilines is 1. The van der Waals surface area contributed by atoms with Crippen LogP contribution in [0.4, 0.5) is 5.69 Å². The Balaban J connectivity index is 1.66. The molecule has 0 unspecified atom stereocenters. The molecule has 2 nitrogen and oxygen atoms in total. The molecule has 0 heterocycles. The van der Waals surface area contributed by atoms with Gasteiger partial charge < -0.3 is 10.2 Å². The Hall–Kier alpha value is -1.02. The van der Waals surface area contributed by atoms with Crippen molar-refractivity contribution in [2.45, 2.75) is 51.5 Å². The highest BCUT2D eigenvalue weighted by molar-refractivity contribution is 5.46. The van der Waals surface area contributed by atoms with E-state index in [2.05, 4.69) is 48.5 Å². The summed E-state index contributed by atoms with van der Waals surface area (Å²) in [7, 11) is 2.19. The molecule has 1 fully saturated rings. The molecule has 0 atom stereocenters. The molecule has 2 heteroatoms. The Morgan fingerprint density at radius 1 is 1.16 bits per heavy atom. The van der Waals surface area contributed by atoms with Crippen LogP contribution in [-0.4, -0.2) is 26.2 Å². The van der Waals surface area contributed by atoms with Gasteiger partial charge in [-0.15, -0.1) is 0 Å². The molecule has 19 heavy (non-hydrogen) atoms. The SMILES string of the molecule is CCc1ccc(N(C)CCCNC2CCCC2)cc1. The van der Waals surface area contributed by atoms with Crippen molar-refractivity contribution in [1.29, 1.82) is 0 Å². The lowest BCUT2D eigenvalue weighted by molar-refractivity contribution is 0.515. The number of hydrogen-bond donors (Lipinski definition) is 1.